The fourth-order valence-electron chi connectivity index (χ4n) is 2.33. The van der Waals surface area contributed by atoms with Crippen LogP contribution in [0.2, 0.25) is 5.02 Å². The number of hydrogen-bond donors (Lipinski definition) is 2. The zero-order chi connectivity index (χ0) is 19.8. The normalized spacial score (nSPS) is 12.6. The lowest BCUT2D eigenvalue weighted by molar-refractivity contribution is -0.127. The van der Waals surface area contributed by atoms with Crippen LogP contribution in [0.4, 0.5) is 0 Å². The summed E-state index contributed by atoms with van der Waals surface area (Å²) in [6, 6.07) is 11.0. The molecule has 0 aromatic heterocycles. The lowest BCUT2D eigenvalue weighted by atomic mass is 10.2. The van der Waals surface area contributed by atoms with Crippen molar-refractivity contribution in [1.29, 1.82) is 0 Å². The molecule has 1 aliphatic heterocycles. The van der Waals surface area contributed by atoms with Gasteiger partial charge in [0.1, 0.15) is 5.75 Å². The van der Waals surface area contributed by atoms with Crippen molar-refractivity contribution in [3.05, 3.63) is 52.5 Å². The minimum Gasteiger partial charge on any atom is -0.479 e. The Morgan fingerprint density at radius 3 is 2.67 bits per heavy atom. The molecule has 6 nitrogen and oxygen atoms in total. The maximum absolute atomic E-state index is 12.2. The number of amides is 1. The smallest absolute Gasteiger partial charge is 0.261 e. The van der Waals surface area contributed by atoms with Crippen LogP contribution in [0.1, 0.15) is 25.0 Å². The highest BCUT2D eigenvalue weighted by atomic mass is 35.5. The van der Waals surface area contributed by atoms with Gasteiger partial charge in [-0.1, -0.05) is 30.7 Å². The van der Waals surface area contributed by atoms with E-state index >= 15 is 0 Å². The Morgan fingerprint density at radius 1 is 1.26 bits per heavy atom. The highest BCUT2D eigenvalue weighted by Gasteiger charge is 2.17. The van der Waals surface area contributed by atoms with Crippen LogP contribution in [0.5, 0.6) is 17.2 Å². The number of rotatable bonds is 5. The van der Waals surface area contributed by atoms with E-state index in [1.54, 1.807) is 19.1 Å². The minimum absolute atomic E-state index is 0.218. The van der Waals surface area contributed by atoms with Crippen molar-refractivity contribution in [1.82, 2.24) is 5.32 Å². The molecule has 1 atom stereocenters. The lowest BCUT2D eigenvalue weighted by Gasteiger charge is -2.16. The zero-order valence-electron chi connectivity index (χ0n) is 15.8. The fourth-order valence-corrected chi connectivity index (χ4v) is 2.61. The number of fused-ring (bicyclic) bond motifs is 1. The van der Waals surface area contributed by atoms with Crippen LogP contribution in [0, 0.1) is 6.92 Å². The highest BCUT2D eigenvalue weighted by molar-refractivity contribution is 6.32. The van der Waals surface area contributed by atoms with Gasteiger partial charge in [0.05, 0.1) is 5.02 Å². The second-order valence-electron chi connectivity index (χ2n) is 6.01. The maximum atomic E-state index is 12.2. The molecule has 0 spiro atoms. The van der Waals surface area contributed by atoms with Crippen molar-refractivity contribution in [2.75, 3.05) is 13.3 Å². The van der Waals surface area contributed by atoms with E-state index in [0.29, 0.717) is 23.1 Å². The SMILES string of the molecule is CCN.Cc1ccc(OC(C)C(=O)NCc2ccc3c(c2)OCO3)c(Cl)c1. The fraction of sp³-hybridized carbons (Fsp3) is 0.350. The Kier molecular flexibility index (Phi) is 7.76. The molecular weight excluding hydrogens is 368 g/mol. The number of carbonyl (C=O) groups excluding carboxylic acids is 1. The van der Waals surface area contributed by atoms with Gasteiger partial charge in [0, 0.05) is 6.54 Å². The van der Waals surface area contributed by atoms with Gasteiger partial charge in [-0.15, -0.1) is 0 Å². The third-order valence-electron chi connectivity index (χ3n) is 3.66. The molecule has 2 aromatic rings. The second kappa shape index (κ2) is 10.0. The Balaban J connectivity index is 0.000000817. The van der Waals surface area contributed by atoms with Crippen LogP contribution in [0.15, 0.2) is 36.4 Å². The summed E-state index contributed by atoms with van der Waals surface area (Å²) in [7, 11) is 0. The van der Waals surface area contributed by atoms with Crippen LogP contribution in [-0.4, -0.2) is 25.3 Å². The summed E-state index contributed by atoms with van der Waals surface area (Å²) in [6.07, 6.45) is -0.654. The van der Waals surface area contributed by atoms with Gasteiger partial charge in [0.25, 0.3) is 5.91 Å². The molecule has 0 aliphatic carbocycles. The molecule has 2 aromatic carbocycles. The Morgan fingerprint density at radius 2 is 1.96 bits per heavy atom. The van der Waals surface area contributed by atoms with Gasteiger partial charge in [-0.05, 0) is 55.8 Å². The monoisotopic (exact) mass is 392 g/mol. The summed E-state index contributed by atoms with van der Waals surface area (Å²) in [4.78, 5) is 12.2. The molecule has 7 heteroatoms. The first kappa shape index (κ1) is 20.9. The summed E-state index contributed by atoms with van der Waals surface area (Å²) < 4.78 is 16.2. The molecule has 3 rings (SSSR count). The largest absolute Gasteiger partial charge is 0.479 e. The molecule has 0 saturated carbocycles. The summed E-state index contributed by atoms with van der Waals surface area (Å²) in [5, 5.41) is 3.33. The molecule has 3 N–H and O–H groups in total. The molecule has 27 heavy (non-hydrogen) atoms. The first-order valence-corrected chi connectivity index (χ1v) is 9.11. The number of aryl methyl sites for hydroxylation is 1. The Bertz CT molecular complexity index is 783. The van der Waals surface area contributed by atoms with Gasteiger partial charge in [0.15, 0.2) is 17.6 Å². The number of nitrogens with two attached hydrogens (primary N) is 1. The molecule has 0 bridgehead atoms. The van der Waals surface area contributed by atoms with E-state index in [0.717, 1.165) is 23.4 Å². The summed E-state index contributed by atoms with van der Waals surface area (Å²) >= 11 is 6.12. The van der Waals surface area contributed by atoms with E-state index < -0.39 is 6.10 Å². The minimum atomic E-state index is -0.654. The molecule has 1 aliphatic rings. The average molecular weight is 393 g/mol. The molecule has 1 amide bonds. The van der Waals surface area contributed by atoms with E-state index in [1.165, 1.54) is 0 Å². The van der Waals surface area contributed by atoms with Crippen molar-refractivity contribution >= 4 is 17.5 Å². The number of carbonyl (C=O) groups is 1. The second-order valence-corrected chi connectivity index (χ2v) is 6.41. The highest BCUT2D eigenvalue weighted by Crippen LogP contribution is 2.32. The molecular formula is C20H25ClN2O4. The Labute approximate surface area is 164 Å². The topological polar surface area (TPSA) is 82.8 Å². The van der Waals surface area contributed by atoms with Crippen LogP contribution in [-0.2, 0) is 11.3 Å². The predicted octanol–water partition coefficient (Wildman–Crippen LogP) is 3.43. The summed E-state index contributed by atoms with van der Waals surface area (Å²) in [5.41, 5.74) is 6.81. The van der Waals surface area contributed by atoms with E-state index in [4.69, 9.17) is 31.5 Å². The van der Waals surface area contributed by atoms with Gasteiger partial charge >= 0.3 is 0 Å². The summed E-state index contributed by atoms with van der Waals surface area (Å²) in [6.45, 7) is 6.89. The summed E-state index contributed by atoms with van der Waals surface area (Å²) in [5.74, 6) is 1.69. The van der Waals surface area contributed by atoms with E-state index in [9.17, 15) is 4.79 Å². The van der Waals surface area contributed by atoms with Crippen molar-refractivity contribution in [3.63, 3.8) is 0 Å². The van der Waals surface area contributed by atoms with Gasteiger partial charge in [-0.25, -0.2) is 0 Å². The molecule has 146 valence electrons. The molecule has 0 saturated heterocycles. The third kappa shape index (κ3) is 6.05. The quantitative estimate of drug-likeness (QED) is 0.814. The van der Waals surface area contributed by atoms with Gasteiger partial charge in [0.2, 0.25) is 6.79 Å². The average Bonchev–Trinajstić information content (AvgIpc) is 3.10. The standard InChI is InChI=1S/C18H18ClNO4.C2H7N/c1-11-3-5-15(14(19)7-11)24-12(2)18(21)20-9-13-4-6-16-17(8-13)23-10-22-16;1-2-3/h3-8,12H,9-10H2,1-2H3,(H,20,21);2-3H2,1H3. The lowest BCUT2D eigenvalue weighted by Crippen LogP contribution is -2.35. The van der Waals surface area contributed by atoms with Gasteiger partial charge in [-0.3, -0.25) is 4.79 Å². The van der Waals surface area contributed by atoms with E-state index in [2.05, 4.69) is 5.32 Å². The predicted molar refractivity (Wildman–Crippen MR) is 105 cm³/mol. The number of benzene rings is 2. The van der Waals surface area contributed by atoms with E-state index in [-0.39, 0.29) is 12.7 Å². The number of hydrogen-bond acceptors (Lipinski definition) is 5. The number of nitrogens with one attached hydrogen (secondary N) is 1. The van der Waals surface area contributed by atoms with Crippen molar-refractivity contribution in [2.24, 2.45) is 5.73 Å². The first-order chi connectivity index (χ1) is 12.9. The molecule has 0 radical (unpaired) electrons. The molecule has 0 fully saturated rings. The molecule has 1 unspecified atom stereocenters. The maximum Gasteiger partial charge on any atom is 0.261 e. The van der Waals surface area contributed by atoms with E-state index in [1.807, 2.05) is 38.1 Å². The zero-order valence-corrected chi connectivity index (χ0v) is 16.5. The third-order valence-corrected chi connectivity index (χ3v) is 3.96. The first-order valence-electron chi connectivity index (χ1n) is 8.73. The number of halogens is 1. The number of ether oxygens (including phenoxy) is 3. The van der Waals surface area contributed by atoms with Gasteiger partial charge < -0.3 is 25.3 Å². The van der Waals surface area contributed by atoms with Crippen LogP contribution in [0.3, 0.4) is 0 Å². The van der Waals surface area contributed by atoms with Crippen molar-refractivity contribution in [3.8, 4) is 17.2 Å². The molecule has 1 heterocycles. The Hall–Kier alpha value is -2.44. The van der Waals surface area contributed by atoms with Gasteiger partial charge in [-0.2, -0.15) is 0 Å². The van der Waals surface area contributed by atoms with Crippen LogP contribution < -0.4 is 25.3 Å². The van der Waals surface area contributed by atoms with Crippen molar-refractivity contribution < 1.29 is 19.0 Å². The van der Waals surface area contributed by atoms with Crippen molar-refractivity contribution in [2.45, 2.75) is 33.4 Å². The van der Waals surface area contributed by atoms with Crippen LogP contribution in [0.25, 0.3) is 0 Å². The van der Waals surface area contributed by atoms with Crippen LogP contribution >= 0.6 is 11.6 Å².